The first-order valence-corrected chi connectivity index (χ1v) is 9.51. The Morgan fingerprint density at radius 2 is 1.93 bits per heavy atom. The third-order valence-electron chi connectivity index (χ3n) is 6.23. The smallest absolute Gasteiger partial charge is 0.134 e. The summed E-state index contributed by atoms with van der Waals surface area (Å²) in [6.45, 7) is 2.12. The summed E-state index contributed by atoms with van der Waals surface area (Å²) in [6, 6.07) is 12.1. The number of nitrogens with one attached hydrogen (secondary N) is 1. The number of rotatable bonds is 4. The van der Waals surface area contributed by atoms with Crippen LogP contribution >= 0.6 is 0 Å². The maximum absolute atomic E-state index is 9.79. The summed E-state index contributed by atoms with van der Waals surface area (Å²) in [6.07, 6.45) is 5.85. The van der Waals surface area contributed by atoms with E-state index in [-0.39, 0.29) is 0 Å². The second-order valence-electron chi connectivity index (χ2n) is 7.97. The molecule has 3 aliphatic rings. The van der Waals surface area contributed by atoms with E-state index in [1.165, 1.54) is 6.42 Å². The maximum Gasteiger partial charge on any atom is 0.134 e. The molecule has 5 rings (SSSR count). The van der Waals surface area contributed by atoms with Crippen LogP contribution in [0.1, 0.15) is 36.8 Å². The summed E-state index contributed by atoms with van der Waals surface area (Å²) < 4.78 is 0. The molecule has 1 N–H and O–H groups in total. The fraction of sp³-hybridized carbons (Fsp3) is 0.429. The van der Waals surface area contributed by atoms with Crippen molar-refractivity contribution >= 4 is 17.5 Å². The van der Waals surface area contributed by atoms with Gasteiger partial charge < -0.3 is 10.2 Å². The number of nitriles is 2. The number of hydrogen-bond acceptors (Lipinski definition) is 6. The van der Waals surface area contributed by atoms with Crippen molar-refractivity contribution in [3.05, 3.63) is 41.6 Å². The lowest BCUT2D eigenvalue weighted by Gasteiger charge is -2.36. The van der Waals surface area contributed by atoms with Crippen molar-refractivity contribution in [1.82, 2.24) is 9.97 Å². The summed E-state index contributed by atoms with van der Waals surface area (Å²) in [4.78, 5) is 11.4. The van der Waals surface area contributed by atoms with E-state index < -0.39 is 5.41 Å². The van der Waals surface area contributed by atoms with Gasteiger partial charge in [0.1, 0.15) is 17.5 Å². The molecule has 2 aliphatic carbocycles. The highest BCUT2D eigenvalue weighted by molar-refractivity contribution is 5.60. The average molecular weight is 356 g/mol. The van der Waals surface area contributed by atoms with Gasteiger partial charge in [0.25, 0.3) is 0 Å². The Morgan fingerprint density at radius 3 is 2.59 bits per heavy atom. The van der Waals surface area contributed by atoms with E-state index in [1.54, 1.807) is 18.3 Å². The summed E-state index contributed by atoms with van der Waals surface area (Å²) in [5.41, 5.74) is 1.20. The van der Waals surface area contributed by atoms with Crippen LogP contribution < -0.4 is 10.2 Å². The van der Waals surface area contributed by atoms with Crippen LogP contribution in [0.5, 0.6) is 0 Å². The minimum atomic E-state index is -0.390. The zero-order valence-corrected chi connectivity index (χ0v) is 15.0. The molecule has 0 spiro atoms. The zero-order valence-electron chi connectivity index (χ0n) is 15.0. The van der Waals surface area contributed by atoms with Crippen LogP contribution in [0.15, 0.2) is 30.5 Å². The summed E-state index contributed by atoms with van der Waals surface area (Å²) in [5, 5.41) is 22.1. The van der Waals surface area contributed by atoms with Gasteiger partial charge >= 0.3 is 0 Å². The van der Waals surface area contributed by atoms with Crippen molar-refractivity contribution in [2.45, 2.75) is 31.1 Å². The van der Waals surface area contributed by atoms with Crippen molar-refractivity contribution in [2.24, 2.45) is 11.8 Å². The molecule has 2 unspecified atom stereocenters. The summed E-state index contributed by atoms with van der Waals surface area (Å²) in [7, 11) is 0. The average Bonchev–Trinajstić information content (AvgIpc) is 3.26. The number of pyridine rings is 2. The lowest BCUT2D eigenvalue weighted by atomic mass is 9.66. The molecule has 2 saturated carbocycles. The molecule has 6 nitrogen and oxygen atoms in total. The van der Waals surface area contributed by atoms with Gasteiger partial charge in [0.2, 0.25) is 0 Å². The number of hydrogen-bond donors (Lipinski definition) is 1. The Kier molecular flexibility index (Phi) is 3.55. The highest BCUT2D eigenvalue weighted by Crippen LogP contribution is 2.48. The monoisotopic (exact) mass is 356 g/mol. The van der Waals surface area contributed by atoms with E-state index in [4.69, 9.17) is 10.2 Å². The summed E-state index contributed by atoms with van der Waals surface area (Å²) >= 11 is 0. The van der Waals surface area contributed by atoms with Gasteiger partial charge in [-0.2, -0.15) is 10.5 Å². The normalized spacial score (nSPS) is 24.3. The molecule has 1 aliphatic heterocycles. The first kappa shape index (κ1) is 16.1. The molecule has 2 aromatic rings. The molecule has 0 radical (unpaired) electrons. The van der Waals surface area contributed by atoms with Crippen LogP contribution in [-0.2, 0) is 5.41 Å². The van der Waals surface area contributed by atoms with Crippen molar-refractivity contribution < 1.29 is 0 Å². The van der Waals surface area contributed by atoms with Crippen LogP contribution in [0.4, 0.5) is 17.5 Å². The Balaban J connectivity index is 1.51. The number of anilines is 3. The van der Waals surface area contributed by atoms with Crippen LogP contribution in [-0.4, -0.2) is 23.1 Å². The molecule has 6 heteroatoms. The zero-order chi connectivity index (χ0) is 18.4. The van der Waals surface area contributed by atoms with E-state index in [9.17, 15) is 5.26 Å². The molecule has 1 saturated heterocycles. The molecule has 3 heterocycles. The van der Waals surface area contributed by atoms with Gasteiger partial charge in [0.15, 0.2) is 0 Å². The molecule has 2 aromatic heterocycles. The Labute approximate surface area is 158 Å². The Hall–Kier alpha value is -3.12. The lowest BCUT2D eigenvalue weighted by Crippen LogP contribution is -2.33. The molecular weight excluding hydrogens is 336 g/mol. The Bertz CT molecular complexity index is 971. The third-order valence-corrected chi connectivity index (χ3v) is 6.23. The van der Waals surface area contributed by atoms with Gasteiger partial charge in [-0.25, -0.2) is 9.97 Å². The molecule has 3 fully saturated rings. The van der Waals surface area contributed by atoms with Gasteiger partial charge in [0, 0.05) is 19.3 Å². The van der Waals surface area contributed by atoms with E-state index in [2.05, 4.69) is 33.4 Å². The minimum absolute atomic E-state index is 0.390. The van der Waals surface area contributed by atoms with E-state index in [0.717, 1.165) is 55.6 Å². The quantitative estimate of drug-likeness (QED) is 0.902. The molecule has 134 valence electrons. The van der Waals surface area contributed by atoms with Crippen molar-refractivity contribution in [1.29, 1.82) is 10.5 Å². The van der Waals surface area contributed by atoms with Crippen LogP contribution in [0.2, 0.25) is 0 Å². The van der Waals surface area contributed by atoms with E-state index >= 15 is 0 Å². The van der Waals surface area contributed by atoms with Gasteiger partial charge in [0.05, 0.1) is 23.1 Å². The van der Waals surface area contributed by atoms with Crippen molar-refractivity contribution in [2.75, 3.05) is 23.3 Å². The summed E-state index contributed by atoms with van der Waals surface area (Å²) in [5.74, 6) is 3.85. The van der Waals surface area contributed by atoms with Crippen LogP contribution in [0, 0.1) is 34.5 Å². The molecular formula is C21H20N6. The number of nitrogens with zero attached hydrogens (tertiary/aromatic N) is 5. The van der Waals surface area contributed by atoms with Gasteiger partial charge in [-0.3, -0.25) is 0 Å². The second kappa shape index (κ2) is 5.96. The fourth-order valence-corrected chi connectivity index (χ4v) is 4.30. The van der Waals surface area contributed by atoms with E-state index in [1.807, 2.05) is 6.07 Å². The molecule has 0 amide bonds. The highest BCUT2D eigenvalue weighted by atomic mass is 15.2. The predicted molar refractivity (Wildman–Crippen MR) is 101 cm³/mol. The largest absolute Gasteiger partial charge is 0.356 e. The SMILES string of the molecule is N#Cc1ccnc(Nc2cc(C3(C#N)CCC3)cc(N3CC4CC4C3)n2)c1. The van der Waals surface area contributed by atoms with E-state index in [0.29, 0.717) is 17.2 Å². The maximum atomic E-state index is 9.79. The van der Waals surface area contributed by atoms with Crippen molar-refractivity contribution in [3.63, 3.8) is 0 Å². The first-order chi connectivity index (χ1) is 13.2. The highest BCUT2D eigenvalue weighted by Gasteiger charge is 2.46. The number of aromatic nitrogens is 2. The van der Waals surface area contributed by atoms with Gasteiger partial charge in [-0.05, 0) is 67.3 Å². The first-order valence-electron chi connectivity index (χ1n) is 9.51. The second-order valence-corrected chi connectivity index (χ2v) is 7.97. The third kappa shape index (κ3) is 2.78. The number of piperidine rings is 1. The number of fused-ring (bicyclic) bond motifs is 1. The molecule has 27 heavy (non-hydrogen) atoms. The lowest BCUT2D eigenvalue weighted by molar-refractivity contribution is 0.324. The van der Waals surface area contributed by atoms with Gasteiger partial charge in [-0.15, -0.1) is 0 Å². The Morgan fingerprint density at radius 1 is 1.11 bits per heavy atom. The predicted octanol–water partition coefficient (Wildman–Crippen LogP) is 3.49. The fourth-order valence-electron chi connectivity index (χ4n) is 4.30. The van der Waals surface area contributed by atoms with Crippen LogP contribution in [0.25, 0.3) is 0 Å². The van der Waals surface area contributed by atoms with Gasteiger partial charge in [-0.1, -0.05) is 0 Å². The van der Waals surface area contributed by atoms with Crippen LogP contribution in [0.3, 0.4) is 0 Å². The molecule has 2 atom stereocenters. The van der Waals surface area contributed by atoms with Crippen molar-refractivity contribution in [3.8, 4) is 12.1 Å². The topological polar surface area (TPSA) is 88.6 Å². The molecule has 0 bridgehead atoms. The molecule has 0 aromatic carbocycles. The standard InChI is InChI=1S/C21H20N6/c22-10-14-2-5-24-18(6-14)25-19-8-17(21(13-23)3-1-4-21)9-20(26-19)27-11-15-7-16(15)12-27/h2,5-6,8-9,15-16H,1,3-4,7,11-12H2,(H,24,25,26). The minimum Gasteiger partial charge on any atom is -0.356 e.